The third-order valence-corrected chi connectivity index (χ3v) is 5.63. The van der Waals surface area contributed by atoms with E-state index in [1.165, 1.54) is 32.1 Å². The van der Waals surface area contributed by atoms with Gasteiger partial charge in [-0.15, -0.1) is 12.4 Å². The number of halogens is 1. The average molecular weight is 301 g/mol. The third-order valence-electron chi connectivity index (χ3n) is 5.63. The second kappa shape index (κ2) is 5.84. The van der Waals surface area contributed by atoms with E-state index in [1.54, 1.807) is 0 Å². The molecule has 2 saturated carbocycles. The van der Waals surface area contributed by atoms with Crippen LogP contribution in [0.4, 0.5) is 0 Å². The minimum Gasteiger partial charge on any atom is -0.338 e. The van der Waals surface area contributed by atoms with Crippen molar-refractivity contribution in [2.45, 2.75) is 70.4 Å². The van der Waals surface area contributed by atoms with Crippen molar-refractivity contribution in [2.75, 3.05) is 6.54 Å². The maximum Gasteiger partial charge on any atom is 0.242 e. The van der Waals surface area contributed by atoms with E-state index in [0.29, 0.717) is 6.04 Å². The summed E-state index contributed by atoms with van der Waals surface area (Å²) < 4.78 is 0. The highest BCUT2D eigenvalue weighted by atomic mass is 35.5. The Labute approximate surface area is 129 Å². The van der Waals surface area contributed by atoms with Crippen molar-refractivity contribution < 1.29 is 4.79 Å². The molecule has 0 spiro atoms. The predicted octanol–water partition coefficient (Wildman–Crippen LogP) is 2.96. The number of carbonyl (C=O) groups excluding carboxylic acids is 1. The van der Waals surface area contributed by atoms with Crippen LogP contribution in [0.15, 0.2) is 0 Å². The van der Waals surface area contributed by atoms with Gasteiger partial charge in [0.15, 0.2) is 0 Å². The highest BCUT2D eigenvalue weighted by Crippen LogP contribution is 2.47. The van der Waals surface area contributed by atoms with E-state index < -0.39 is 5.54 Å². The number of carbonyl (C=O) groups is 1. The Hall–Kier alpha value is -0.280. The van der Waals surface area contributed by atoms with Crippen LogP contribution in [0, 0.1) is 17.8 Å². The SMILES string of the molecule is CCCC(C)(N)C(=O)N1CC2CC3CC(C2)CC1C3.Cl. The monoisotopic (exact) mass is 300 g/mol. The van der Waals surface area contributed by atoms with E-state index in [9.17, 15) is 4.79 Å². The van der Waals surface area contributed by atoms with Crippen molar-refractivity contribution in [3.05, 3.63) is 0 Å². The third kappa shape index (κ3) is 2.85. The molecule has 3 nitrogen and oxygen atoms in total. The lowest BCUT2D eigenvalue weighted by molar-refractivity contribution is -0.139. The molecule has 2 aliphatic heterocycles. The minimum absolute atomic E-state index is 0. The lowest BCUT2D eigenvalue weighted by atomic mass is 9.68. The van der Waals surface area contributed by atoms with Crippen LogP contribution in [0.2, 0.25) is 0 Å². The second-order valence-electron chi connectivity index (χ2n) is 7.56. The lowest BCUT2D eigenvalue weighted by Crippen LogP contribution is -2.56. The Balaban J connectivity index is 0.00000147. The average Bonchev–Trinajstić information content (AvgIpc) is 2.52. The highest BCUT2D eigenvalue weighted by Gasteiger charge is 2.46. The Morgan fingerprint density at radius 1 is 1.15 bits per heavy atom. The number of hydrogen-bond donors (Lipinski definition) is 1. The molecule has 3 unspecified atom stereocenters. The smallest absolute Gasteiger partial charge is 0.242 e. The fourth-order valence-corrected chi connectivity index (χ4v) is 4.99. The van der Waals surface area contributed by atoms with Gasteiger partial charge in [-0.05, 0) is 63.2 Å². The van der Waals surface area contributed by atoms with E-state index in [2.05, 4.69) is 11.8 Å². The molecule has 20 heavy (non-hydrogen) atoms. The number of nitrogens with zero attached hydrogens (tertiary/aromatic N) is 1. The fourth-order valence-electron chi connectivity index (χ4n) is 4.99. The van der Waals surface area contributed by atoms with E-state index in [-0.39, 0.29) is 18.3 Å². The van der Waals surface area contributed by atoms with Gasteiger partial charge in [-0.2, -0.15) is 0 Å². The summed E-state index contributed by atoms with van der Waals surface area (Å²) in [7, 11) is 0. The van der Waals surface area contributed by atoms with Crippen molar-refractivity contribution in [3.8, 4) is 0 Å². The normalized spacial score (nSPS) is 38.0. The minimum atomic E-state index is -0.656. The van der Waals surface area contributed by atoms with Crippen LogP contribution in [0.1, 0.15) is 58.8 Å². The Morgan fingerprint density at radius 3 is 2.25 bits per heavy atom. The molecule has 2 aliphatic carbocycles. The first-order valence-electron chi connectivity index (χ1n) is 8.09. The molecule has 0 aromatic rings. The van der Waals surface area contributed by atoms with Gasteiger partial charge in [0.2, 0.25) is 5.91 Å². The number of nitrogens with two attached hydrogens (primary N) is 1. The molecule has 4 bridgehead atoms. The van der Waals surface area contributed by atoms with Gasteiger partial charge in [-0.3, -0.25) is 4.79 Å². The first kappa shape index (κ1) is 16.1. The molecule has 4 rings (SSSR count). The summed E-state index contributed by atoms with van der Waals surface area (Å²) in [6, 6.07) is 0.489. The van der Waals surface area contributed by atoms with Crippen LogP contribution in [-0.2, 0) is 4.79 Å². The van der Waals surface area contributed by atoms with E-state index >= 15 is 0 Å². The molecular weight excluding hydrogens is 272 g/mol. The molecule has 2 heterocycles. The summed E-state index contributed by atoms with van der Waals surface area (Å²) >= 11 is 0. The lowest BCUT2D eigenvalue weighted by Gasteiger charge is -2.40. The molecule has 0 radical (unpaired) electrons. The van der Waals surface area contributed by atoms with Gasteiger partial charge in [0.25, 0.3) is 0 Å². The molecule has 0 aromatic heterocycles. The summed E-state index contributed by atoms with van der Waals surface area (Å²) in [6.07, 6.45) is 8.38. The maximum atomic E-state index is 12.8. The molecule has 4 fully saturated rings. The van der Waals surface area contributed by atoms with E-state index in [4.69, 9.17) is 5.73 Å². The molecule has 2 N–H and O–H groups in total. The van der Waals surface area contributed by atoms with Crippen molar-refractivity contribution in [1.82, 2.24) is 4.90 Å². The first-order valence-corrected chi connectivity index (χ1v) is 8.09. The zero-order valence-corrected chi connectivity index (χ0v) is 13.6. The van der Waals surface area contributed by atoms with Crippen LogP contribution in [0.25, 0.3) is 0 Å². The molecule has 3 atom stereocenters. The maximum absolute atomic E-state index is 12.8. The standard InChI is InChI=1S/C16H28N2O.ClH/c1-3-4-16(2,17)15(19)18-10-13-6-11-5-12(7-13)9-14(18)8-11;/h11-14H,3-10,17H2,1-2H3;1H. The summed E-state index contributed by atoms with van der Waals surface area (Å²) in [5.41, 5.74) is 5.63. The van der Waals surface area contributed by atoms with Crippen molar-refractivity contribution in [3.63, 3.8) is 0 Å². The number of fused-ring (bicyclic) bond motifs is 1. The molecule has 2 saturated heterocycles. The van der Waals surface area contributed by atoms with Gasteiger partial charge in [-0.1, -0.05) is 13.3 Å². The molecule has 4 heteroatoms. The zero-order chi connectivity index (χ0) is 13.6. The summed E-state index contributed by atoms with van der Waals surface area (Å²) in [6.45, 7) is 5.01. The fraction of sp³-hybridized carbons (Fsp3) is 0.938. The zero-order valence-electron chi connectivity index (χ0n) is 12.8. The van der Waals surface area contributed by atoms with Gasteiger partial charge >= 0.3 is 0 Å². The van der Waals surface area contributed by atoms with Crippen LogP contribution in [-0.4, -0.2) is 28.9 Å². The molecule has 1 amide bonds. The Kier molecular flexibility index (Phi) is 4.70. The molecule has 0 aromatic carbocycles. The van der Waals surface area contributed by atoms with Gasteiger partial charge in [0.1, 0.15) is 0 Å². The van der Waals surface area contributed by atoms with Crippen molar-refractivity contribution in [1.29, 1.82) is 0 Å². The summed E-state index contributed by atoms with van der Waals surface area (Å²) in [5, 5.41) is 0. The second-order valence-corrected chi connectivity index (χ2v) is 7.56. The topological polar surface area (TPSA) is 46.3 Å². The van der Waals surface area contributed by atoms with Crippen LogP contribution in [0.5, 0.6) is 0 Å². The summed E-state index contributed by atoms with van der Waals surface area (Å²) in [5.74, 6) is 2.73. The Bertz CT molecular complexity index is 357. The summed E-state index contributed by atoms with van der Waals surface area (Å²) in [4.78, 5) is 15.0. The van der Waals surface area contributed by atoms with Gasteiger partial charge in [-0.25, -0.2) is 0 Å². The number of amides is 1. The quantitative estimate of drug-likeness (QED) is 0.871. The number of hydrogen-bond acceptors (Lipinski definition) is 2. The highest BCUT2D eigenvalue weighted by molar-refractivity contribution is 5.86. The van der Waals surface area contributed by atoms with Crippen LogP contribution >= 0.6 is 12.4 Å². The molecule has 4 aliphatic rings. The Morgan fingerprint density at radius 2 is 1.70 bits per heavy atom. The molecule has 116 valence electrons. The van der Waals surface area contributed by atoms with Gasteiger partial charge in [0.05, 0.1) is 5.54 Å². The van der Waals surface area contributed by atoms with Crippen LogP contribution in [0.3, 0.4) is 0 Å². The largest absolute Gasteiger partial charge is 0.338 e. The van der Waals surface area contributed by atoms with E-state index in [0.717, 1.165) is 37.1 Å². The first-order chi connectivity index (χ1) is 8.99. The van der Waals surface area contributed by atoms with Gasteiger partial charge in [0, 0.05) is 12.6 Å². The van der Waals surface area contributed by atoms with Gasteiger partial charge < -0.3 is 10.6 Å². The number of rotatable bonds is 3. The van der Waals surface area contributed by atoms with Crippen LogP contribution < -0.4 is 5.73 Å². The predicted molar refractivity (Wildman–Crippen MR) is 83.8 cm³/mol. The van der Waals surface area contributed by atoms with E-state index in [1.807, 2.05) is 6.92 Å². The molecular formula is C16H29ClN2O. The van der Waals surface area contributed by atoms with Crippen molar-refractivity contribution in [2.24, 2.45) is 23.5 Å². The van der Waals surface area contributed by atoms with Crippen molar-refractivity contribution >= 4 is 18.3 Å².